The first-order valence-electron chi connectivity index (χ1n) is 8.89. The zero-order valence-electron chi connectivity index (χ0n) is 14.9. The van der Waals surface area contributed by atoms with Crippen LogP contribution in [0.5, 0.6) is 11.5 Å². The molecule has 4 heteroatoms. The van der Waals surface area contributed by atoms with Crippen LogP contribution < -0.4 is 14.8 Å². The molecule has 1 amide bonds. The predicted octanol–water partition coefficient (Wildman–Crippen LogP) is 5.04. The van der Waals surface area contributed by atoms with Gasteiger partial charge in [0.15, 0.2) is 6.61 Å². The molecule has 0 aromatic heterocycles. The maximum absolute atomic E-state index is 12.1. The van der Waals surface area contributed by atoms with Gasteiger partial charge >= 0.3 is 0 Å². The Morgan fingerprint density at radius 2 is 1.69 bits per heavy atom. The monoisotopic (exact) mass is 349 g/mol. The lowest BCUT2D eigenvalue weighted by atomic mass is 10.1. The molecule has 0 radical (unpaired) electrons. The van der Waals surface area contributed by atoms with Crippen molar-refractivity contribution in [2.75, 3.05) is 18.5 Å². The normalized spacial score (nSPS) is 10.5. The zero-order chi connectivity index (χ0) is 18.2. The summed E-state index contributed by atoms with van der Waals surface area (Å²) < 4.78 is 11.3. The minimum Gasteiger partial charge on any atom is -0.494 e. The molecule has 0 unspecified atom stereocenters. The van der Waals surface area contributed by atoms with Gasteiger partial charge in [-0.3, -0.25) is 4.79 Å². The van der Waals surface area contributed by atoms with Gasteiger partial charge in [-0.2, -0.15) is 0 Å². The lowest BCUT2D eigenvalue weighted by Gasteiger charge is -2.10. The van der Waals surface area contributed by atoms with E-state index >= 15 is 0 Å². The summed E-state index contributed by atoms with van der Waals surface area (Å²) in [6, 6.07) is 21.2. The molecule has 0 aliphatic rings. The molecule has 26 heavy (non-hydrogen) atoms. The molecule has 0 heterocycles. The van der Waals surface area contributed by atoms with E-state index in [0.29, 0.717) is 18.0 Å². The molecule has 3 aromatic carbocycles. The molecule has 0 atom stereocenters. The van der Waals surface area contributed by atoms with E-state index in [1.807, 2.05) is 66.7 Å². The fourth-order valence-corrected chi connectivity index (χ4v) is 2.60. The standard InChI is InChI=1S/C22H23NO3/c1-2-3-13-25-20-10-6-9-19(15-20)23-22(24)16-26-21-12-11-17-7-4-5-8-18(17)14-21/h4-12,14-15H,2-3,13,16H2,1H3,(H,23,24). The van der Waals surface area contributed by atoms with Gasteiger partial charge in [-0.25, -0.2) is 0 Å². The van der Waals surface area contributed by atoms with Crippen molar-refractivity contribution in [1.29, 1.82) is 0 Å². The van der Waals surface area contributed by atoms with Crippen LogP contribution in [0.2, 0.25) is 0 Å². The van der Waals surface area contributed by atoms with Gasteiger partial charge in [0.2, 0.25) is 0 Å². The summed E-state index contributed by atoms with van der Waals surface area (Å²) in [6.07, 6.45) is 2.10. The topological polar surface area (TPSA) is 47.6 Å². The maximum atomic E-state index is 12.1. The van der Waals surface area contributed by atoms with Crippen LogP contribution >= 0.6 is 0 Å². The number of anilines is 1. The van der Waals surface area contributed by atoms with E-state index in [0.717, 1.165) is 29.4 Å². The highest BCUT2D eigenvalue weighted by Gasteiger charge is 2.05. The molecule has 4 nitrogen and oxygen atoms in total. The van der Waals surface area contributed by atoms with E-state index in [4.69, 9.17) is 9.47 Å². The summed E-state index contributed by atoms with van der Waals surface area (Å²) in [5.41, 5.74) is 0.700. The first-order valence-corrected chi connectivity index (χ1v) is 8.89. The fraction of sp³-hybridized carbons (Fsp3) is 0.227. The van der Waals surface area contributed by atoms with Crippen LogP contribution in [0.15, 0.2) is 66.7 Å². The third-order valence-corrected chi connectivity index (χ3v) is 3.98. The number of hydrogen-bond acceptors (Lipinski definition) is 3. The smallest absolute Gasteiger partial charge is 0.262 e. The van der Waals surface area contributed by atoms with Gasteiger partial charge in [-0.05, 0) is 41.5 Å². The number of fused-ring (bicyclic) bond motifs is 1. The van der Waals surface area contributed by atoms with Crippen molar-refractivity contribution in [3.05, 3.63) is 66.7 Å². The van der Waals surface area contributed by atoms with Crippen molar-refractivity contribution in [2.24, 2.45) is 0 Å². The molecular formula is C22H23NO3. The van der Waals surface area contributed by atoms with Gasteiger partial charge in [-0.1, -0.05) is 49.7 Å². The SMILES string of the molecule is CCCCOc1cccc(NC(=O)COc2ccc3ccccc3c2)c1. The second kappa shape index (κ2) is 8.90. The van der Waals surface area contributed by atoms with E-state index in [2.05, 4.69) is 12.2 Å². The summed E-state index contributed by atoms with van der Waals surface area (Å²) in [5, 5.41) is 5.06. The zero-order valence-corrected chi connectivity index (χ0v) is 14.9. The molecule has 0 aliphatic heterocycles. The van der Waals surface area contributed by atoms with Crippen molar-refractivity contribution >= 4 is 22.4 Å². The van der Waals surface area contributed by atoms with E-state index in [1.54, 1.807) is 0 Å². The quantitative estimate of drug-likeness (QED) is 0.580. The maximum Gasteiger partial charge on any atom is 0.262 e. The largest absolute Gasteiger partial charge is 0.494 e. The number of benzene rings is 3. The molecule has 0 fully saturated rings. The van der Waals surface area contributed by atoms with Crippen molar-refractivity contribution in [3.63, 3.8) is 0 Å². The Labute approximate surface area is 153 Å². The van der Waals surface area contributed by atoms with Gasteiger partial charge in [0.1, 0.15) is 11.5 Å². The van der Waals surface area contributed by atoms with Crippen molar-refractivity contribution in [3.8, 4) is 11.5 Å². The van der Waals surface area contributed by atoms with Gasteiger partial charge in [0.25, 0.3) is 5.91 Å². The van der Waals surface area contributed by atoms with Crippen molar-refractivity contribution < 1.29 is 14.3 Å². The number of amides is 1. The molecular weight excluding hydrogens is 326 g/mol. The van der Waals surface area contributed by atoms with Gasteiger partial charge in [0, 0.05) is 11.8 Å². The van der Waals surface area contributed by atoms with Gasteiger partial charge in [-0.15, -0.1) is 0 Å². The molecule has 0 saturated carbocycles. The number of hydrogen-bond donors (Lipinski definition) is 1. The van der Waals surface area contributed by atoms with Gasteiger partial charge in [0.05, 0.1) is 6.61 Å². The van der Waals surface area contributed by atoms with Crippen LogP contribution in [0.25, 0.3) is 10.8 Å². The summed E-state index contributed by atoms with van der Waals surface area (Å²) in [4.78, 5) is 12.1. The number of unbranched alkanes of at least 4 members (excludes halogenated alkanes) is 1. The highest BCUT2D eigenvalue weighted by atomic mass is 16.5. The predicted molar refractivity (Wildman–Crippen MR) is 105 cm³/mol. The lowest BCUT2D eigenvalue weighted by Crippen LogP contribution is -2.20. The van der Waals surface area contributed by atoms with E-state index < -0.39 is 0 Å². The highest BCUT2D eigenvalue weighted by Crippen LogP contribution is 2.21. The Morgan fingerprint density at radius 3 is 2.54 bits per heavy atom. The first kappa shape index (κ1) is 17.8. The summed E-state index contributed by atoms with van der Waals surface area (Å²) in [5.74, 6) is 1.23. The number of ether oxygens (including phenoxy) is 2. The lowest BCUT2D eigenvalue weighted by molar-refractivity contribution is -0.118. The Hall–Kier alpha value is -3.01. The summed E-state index contributed by atoms with van der Waals surface area (Å²) in [7, 11) is 0. The Bertz CT molecular complexity index is 876. The molecule has 3 rings (SSSR count). The summed E-state index contributed by atoms with van der Waals surface area (Å²) in [6.45, 7) is 2.76. The highest BCUT2D eigenvalue weighted by molar-refractivity contribution is 5.92. The number of carbonyl (C=O) groups is 1. The molecule has 3 aromatic rings. The number of rotatable bonds is 8. The molecule has 134 valence electrons. The van der Waals surface area contributed by atoms with E-state index in [9.17, 15) is 4.79 Å². The second-order valence-corrected chi connectivity index (χ2v) is 6.08. The Kier molecular flexibility index (Phi) is 6.09. The van der Waals surface area contributed by atoms with Crippen molar-refractivity contribution in [2.45, 2.75) is 19.8 Å². The minimum absolute atomic E-state index is 0.0424. The first-order chi connectivity index (χ1) is 12.7. The fourth-order valence-electron chi connectivity index (χ4n) is 2.60. The van der Waals surface area contributed by atoms with Crippen LogP contribution in [-0.4, -0.2) is 19.1 Å². The minimum atomic E-state index is -0.205. The molecule has 0 bridgehead atoms. The van der Waals surface area contributed by atoms with Crippen LogP contribution in [-0.2, 0) is 4.79 Å². The van der Waals surface area contributed by atoms with Crippen LogP contribution in [0, 0.1) is 0 Å². The Balaban J connectivity index is 1.54. The number of carbonyl (C=O) groups excluding carboxylic acids is 1. The van der Waals surface area contributed by atoms with Gasteiger partial charge < -0.3 is 14.8 Å². The van der Waals surface area contributed by atoms with E-state index in [1.165, 1.54) is 0 Å². The van der Waals surface area contributed by atoms with Crippen LogP contribution in [0.4, 0.5) is 5.69 Å². The van der Waals surface area contributed by atoms with Crippen LogP contribution in [0.3, 0.4) is 0 Å². The average Bonchev–Trinajstić information content (AvgIpc) is 2.67. The second-order valence-electron chi connectivity index (χ2n) is 6.08. The van der Waals surface area contributed by atoms with Crippen LogP contribution in [0.1, 0.15) is 19.8 Å². The molecule has 0 saturated heterocycles. The van der Waals surface area contributed by atoms with Crippen molar-refractivity contribution in [1.82, 2.24) is 0 Å². The Morgan fingerprint density at radius 1 is 0.885 bits per heavy atom. The number of nitrogens with one attached hydrogen (secondary N) is 1. The molecule has 0 aliphatic carbocycles. The molecule has 0 spiro atoms. The third-order valence-electron chi connectivity index (χ3n) is 3.98. The third kappa shape index (κ3) is 4.99. The molecule has 1 N–H and O–H groups in total. The average molecular weight is 349 g/mol. The summed E-state index contributed by atoms with van der Waals surface area (Å²) >= 11 is 0. The van der Waals surface area contributed by atoms with E-state index in [-0.39, 0.29) is 12.5 Å².